The number of ether oxygens (including phenoxy) is 1. The van der Waals surface area contributed by atoms with Crippen molar-refractivity contribution in [1.82, 2.24) is 9.38 Å². The fourth-order valence-corrected chi connectivity index (χ4v) is 4.02. The number of rotatable bonds is 4. The molecule has 29 heavy (non-hydrogen) atoms. The van der Waals surface area contributed by atoms with E-state index in [1.54, 1.807) is 18.4 Å². The number of benzene rings is 2. The first-order valence-corrected chi connectivity index (χ1v) is 9.91. The van der Waals surface area contributed by atoms with E-state index in [0.717, 1.165) is 32.9 Å². The molecule has 0 radical (unpaired) electrons. The summed E-state index contributed by atoms with van der Waals surface area (Å²) < 4.78 is 13.0. The minimum absolute atomic E-state index is 0.284. The molecule has 1 N–H and O–H groups in total. The van der Waals surface area contributed by atoms with Gasteiger partial charge in [-0.05, 0) is 37.3 Å². The van der Waals surface area contributed by atoms with Crippen LogP contribution in [0.4, 0.5) is 5.69 Å². The smallest absolute Gasteiger partial charge is 0.291 e. The molecule has 3 heterocycles. The molecular weight excluding hydrogens is 386 g/mol. The van der Waals surface area contributed by atoms with Crippen molar-refractivity contribution in [2.75, 3.05) is 12.4 Å². The zero-order chi connectivity index (χ0) is 20.0. The third-order valence-corrected chi connectivity index (χ3v) is 5.65. The van der Waals surface area contributed by atoms with Gasteiger partial charge in [0.25, 0.3) is 5.91 Å². The standard InChI is InChI=1S/C22H17N3O3S/c1-13-17-11-16(27-2)7-8-19(17)28-20(13)21(26)23-15-5-3-14(4-6-15)18-12-25-9-10-29-22(25)24-18/h3-12H,1-2H3,(H,23,26). The van der Waals surface area contributed by atoms with Crippen LogP contribution in [0.3, 0.4) is 0 Å². The van der Waals surface area contributed by atoms with Gasteiger partial charge in [0.05, 0.1) is 12.8 Å². The second-order valence-corrected chi connectivity index (χ2v) is 7.54. The molecule has 0 spiro atoms. The summed E-state index contributed by atoms with van der Waals surface area (Å²) in [6.07, 6.45) is 3.97. The molecule has 0 aliphatic heterocycles. The zero-order valence-corrected chi connectivity index (χ0v) is 16.6. The molecule has 5 rings (SSSR count). The number of carbonyl (C=O) groups is 1. The molecule has 0 atom stereocenters. The zero-order valence-electron chi connectivity index (χ0n) is 15.8. The van der Waals surface area contributed by atoms with E-state index >= 15 is 0 Å². The van der Waals surface area contributed by atoms with Gasteiger partial charge in [-0.1, -0.05) is 12.1 Å². The van der Waals surface area contributed by atoms with Crippen LogP contribution in [0.5, 0.6) is 5.75 Å². The normalized spacial score (nSPS) is 11.2. The molecule has 3 aromatic heterocycles. The van der Waals surface area contributed by atoms with Gasteiger partial charge < -0.3 is 14.5 Å². The lowest BCUT2D eigenvalue weighted by molar-refractivity contribution is 0.0998. The summed E-state index contributed by atoms with van der Waals surface area (Å²) >= 11 is 1.59. The van der Waals surface area contributed by atoms with Crippen LogP contribution in [0.15, 0.2) is 64.7 Å². The fourth-order valence-electron chi connectivity index (χ4n) is 3.32. The molecule has 7 heteroatoms. The third kappa shape index (κ3) is 3.05. The van der Waals surface area contributed by atoms with E-state index in [2.05, 4.69) is 10.3 Å². The van der Waals surface area contributed by atoms with Gasteiger partial charge in [0.15, 0.2) is 10.7 Å². The average molecular weight is 403 g/mol. The number of furan rings is 1. The Morgan fingerprint density at radius 1 is 1.21 bits per heavy atom. The highest BCUT2D eigenvalue weighted by Gasteiger charge is 2.18. The Balaban J connectivity index is 1.38. The number of thiazole rings is 1. The van der Waals surface area contributed by atoms with E-state index in [9.17, 15) is 4.79 Å². The second kappa shape index (κ2) is 6.79. The maximum absolute atomic E-state index is 12.7. The lowest BCUT2D eigenvalue weighted by Crippen LogP contribution is -2.12. The number of amides is 1. The largest absolute Gasteiger partial charge is 0.497 e. The van der Waals surface area contributed by atoms with E-state index in [1.165, 1.54) is 0 Å². The molecule has 0 fully saturated rings. The van der Waals surface area contributed by atoms with Gasteiger partial charge in [-0.2, -0.15) is 0 Å². The number of aryl methyl sites for hydroxylation is 1. The summed E-state index contributed by atoms with van der Waals surface area (Å²) in [7, 11) is 1.61. The first-order chi connectivity index (χ1) is 14.1. The summed E-state index contributed by atoms with van der Waals surface area (Å²) in [6, 6.07) is 13.1. The Bertz CT molecular complexity index is 1320. The number of nitrogens with zero attached hydrogens (tertiary/aromatic N) is 2. The number of aromatic nitrogens is 2. The van der Waals surface area contributed by atoms with Gasteiger partial charge in [-0.25, -0.2) is 4.98 Å². The quantitative estimate of drug-likeness (QED) is 0.437. The van der Waals surface area contributed by atoms with Crippen molar-refractivity contribution in [3.63, 3.8) is 0 Å². The van der Waals surface area contributed by atoms with Crippen molar-refractivity contribution in [2.45, 2.75) is 6.92 Å². The van der Waals surface area contributed by atoms with Crippen molar-refractivity contribution in [1.29, 1.82) is 0 Å². The topological polar surface area (TPSA) is 68.8 Å². The number of imidazole rings is 1. The fraction of sp³-hybridized carbons (Fsp3) is 0.0909. The molecule has 0 saturated heterocycles. The summed E-state index contributed by atoms with van der Waals surface area (Å²) in [5.41, 5.74) is 4.02. The number of hydrogen-bond donors (Lipinski definition) is 1. The van der Waals surface area contributed by atoms with Crippen molar-refractivity contribution < 1.29 is 13.9 Å². The molecule has 6 nitrogen and oxygen atoms in total. The lowest BCUT2D eigenvalue weighted by atomic mass is 10.1. The number of anilines is 1. The van der Waals surface area contributed by atoms with Gasteiger partial charge in [-0.15, -0.1) is 11.3 Å². The van der Waals surface area contributed by atoms with Crippen molar-refractivity contribution >= 4 is 38.9 Å². The van der Waals surface area contributed by atoms with E-state index < -0.39 is 0 Å². The Hall–Kier alpha value is -3.58. The third-order valence-electron chi connectivity index (χ3n) is 4.88. The van der Waals surface area contributed by atoms with Crippen LogP contribution in [0.25, 0.3) is 27.2 Å². The monoisotopic (exact) mass is 403 g/mol. The molecule has 0 bridgehead atoms. The maximum atomic E-state index is 12.7. The molecule has 0 saturated carbocycles. The van der Waals surface area contributed by atoms with Gasteiger partial charge in [0, 0.05) is 40.0 Å². The predicted molar refractivity (Wildman–Crippen MR) is 114 cm³/mol. The Morgan fingerprint density at radius 3 is 2.79 bits per heavy atom. The molecule has 144 valence electrons. The number of hydrogen-bond acceptors (Lipinski definition) is 5. The van der Waals surface area contributed by atoms with Crippen LogP contribution in [0.2, 0.25) is 0 Å². The molecule has 2 aromatic carbocycles. The predicted octanol–water partition coefficient (Wildman–Crippen LogP) is 5.38. The van der Waals surface area contributed by atoms with Crippen LogP contribution in [-0.2, 0) is 0 Å². The first kappa shape index (κ1) is 17.5. The molecule has 0 aliphatic rings. The summed E-state index contributed by atoms with van der Waals surface area (Å²) in [6.45, 7) is 1.87. The summed E-state index contributed by atoms with van der Waals surface area (Å²) in [5, 5.41) is 5.77. The lowest BCUT2D eigenvalue weighted by Gasteiger charge is -2.05. The SMILES string of the molecule is COc1ccc2oc(C(=O)Nc3ccc(-c4cn5ccsc5n4)cc3)c(C)c2c1. The van der Waals surface area contributed by atoms with Crippen molar-refractivity contribution in [2.24, 2.45) is 0 Å². The maximum Gasteiger partial charge on any atom is 0.291 e. The summed E-state index contributed by atoms with van der Waals surface area (Å²) in [4.78, 5) is 18.3. The van der Waals surface area contributed by atoms with Gasteiger partial charge in [0.1, 0.15) is 11.3 Å². The number of methoxy groups -OCH3 is 1. The average Bonchev–Trinajstić information content (AvgIpc) is 3.42. The highest BCUT2D eigenvalue weighted by molar-refractivity contribution is 7.15. The second-order valence-electron chi connectivity index (χ2n) is 6.67. The number of fused-ring (bicyclic) bond motifs is 2. The minimum Gasteiger partial charge on any atom is -0.497 e. The van der Waals surface area contributed by atoms with E-state index in [0.29, 0.717) is 17.0 Å². The van der Waals surface area contributed by atoms with Crippen LogP contribution in [0, 0.1) is 6.92 Å². The molecule has 5 aromatic rings. The first-order valence-electron chi connectivity index (χ1n) is 9.03. The summed E-state index contributed by atoms with van der Waals surface area (Å²) in [5.74, 6) is 0.739. The van der Waals surface area contributed by atoms with Crippen LogP contribution >= 0.6 is 11.3 Å². The van der Waals surface area contributed by atoms with E-state index in [-0.39, 0.29) is 5.91 Å². The molecule has 1 amide bonds. The molecular formula is C22H17N3O3S. The molecule has 0 aliphatic carbocycles. The Labute approximate surface area is 170 Å². The van der Waals surface area contributed by atoms with Gasteiger partial charge in [-0.3, -0.25) is 9.20 Å². The van der Waals surface area contributed by atoms with Gasteiger partial charge >= 0.3 is 0 Å². The number of nitrogens with one attached hydrogen (secondary N) is 1. The van der Waals surface area contributed by atoms with E-state index in [4.69, 9.17) is 9.15 Å². The Morgan fingerprint density at radius 2 is 2.03 bits per heavy atom. The Kier molecular flexibility index (Phi) is 4.10. The van der Waals surface area contributed by atoms with Crippen molar-refractivity contribution in [3.8, 4) is 17.0 Å². The molecule has 0 unspecified atom stereocenters. The minimum atomic E-state index is -0.284. The highest BCUT2D eigenvalue weighted by atomic mass is 32.1. The van der Waals surface area contributed by atoms with Crippen molar-refractivity contribution in [3.05, 3.63) is 71.6 Å². The highest BCUT2D eigenvalue weighted by Crippen LogP contribution is 2.29. The number of carbonyl (C=O) groups excluding carboxylic acids is 1. The van der Waals surface area contributed by atoms with Crippen LogP contribution in [-0.4, -0.2) is 22.4 Å². The van der Waals surface area contributed by atoms with E-state index in [1.807, 2.05) is 71.6 Å². The van der Waals surface area contributed by atoms with Crippen LogP contribution in [0.1, 0.15) is 16.1 Å². The van der Waals surface area contributed by atoms with Crippen LogP contribution < -0.4 is 10.1 Å². The van der Waals surface area contributed by atoms with Gasteiger partial charge in [0.2, 0.25) is 0 Å².